The van der Waals surface area contributed by atoms with Crippen molar-refractivity contribution >= 4 is 27.5 Å². The zero-order chi connectivity index (χ0) is 23.5. The molecule has 3 aromatic carbocycles. The van der Waals surface area contributed by atoms with E-state index in [1.54, 1.807) is 13.2 Å². The van der Waals surface area contributed by atoms with Crippen molar-refractivity contribution in [2.24, 2.45) is 0 Å². The number of hydrogen-bond donors (Lipinski definition) is 2. The van der Waals surface area contributed by atoms with Gasteiger partial charge in [0.2, 0.25) is 0 Å². The topological polar surface area (TPSA) is 80.9 Å². The molecule has 0 aliphatic heterocycles. The van der Waals surface area contributed by atoms with Gasteiger partial charge in [-0.05, 0) is 0 Å². The number of carbonyl (C=O) groups is 1. The molecule has 4 aromatic rings. The van der Waals surface area contributed by atoms with E-state index in [1.165, 1.54) is 34.2 Å². The third kappa shape index (κ3) is 4.49. The fourth-order valence-corrected chi connectivity index (χ4v) is 7.47. The number of hydrogen-bond acceptors (Lipinski definition) is 4. The van der Waals surface area contributed by atoms with Gasteiger partial charge in [0.05, 0.1) is 0 Å². The van der Waals surface area contributed by atoms with Crippen LogP contribution in [0.2, 0.25) is 0 Å². The van der Waals surface area contributed by atoms with Gasteiger partial charge in [0.1, 0.15) is 0 Å². The molecule has 1 radical (unpaired) electrons. The molecule has 1 aliphatic rings. The Kier molecular flexibility index (Phi) is 6.46. The number of rotatable bonds is 6. The third-order valence-corrected chi connectivity index (χ3v) is 9.48. The molecule has 1 atom stereocenters. The minimum atomic E-state index is -0.331. The molecule has 5 nitrogen and oxygen atoms in total. The molecule has 1 unspecified atom stereocenters. The first-order valence-electron chi connectivity index (χ1n) is 11.4. The van der Waals surface area contributed by atoms with E-state index < -0.39 is 0 Å². The number of nitrogens with two attached hydrogens (primary N) is 1. The molecule has 3 N–H and O–H groups in total. The third-order valence-electron chi connectivity index (χ3n) is 6.28. The summed E-state index contributed by atoms with van der Waals surface area (Å²) < 4.78 is 0.662. The van der Waals surface area contributed by atoms with Crippen molar-refractivity contribution in [1.82, 2.24) is 15.3 Å². The van der Waals surface area contributed by atoms with E-state index in [0.717, 1.165) is 17.2 Å². The number of carbonyl (C=O) groups excluding carboxylic acids is 1. The fraction of sp³-hybridized carbons (Fsp3) is 0.179. The number of fused-ring (bicyclic) bond motifs is 1. The van der Waals surface area contributed by atoms with E-state index in [0.29, 0.717) is 10.4 Å². The van der Waals surface area contributed by atoms with E-state index in [1.807, 2.05) is 6.07 Å². The van der Waals surface area contributed by atoms with Gasteiger partial charge in [-0.1, -0.05) is 0 Å². The number of nitrogens with zero attached hydrogens (tertiary/aromatic N) is 2. The molecule has 0 bridgehead atoms. The monoisotopic (exact) mass is 509 g/mol. The van der Waals surface area contributed by atoms with Crippen LogP contribution in [-0.2, 0) is 11.6 Å². The summed E-state index contributed by atoms with van der Waals surface area (Å²) in [6.45, 7) is 0. The quantitative estimate of drug-likeness (QED) is 0.371. The molecular formula is C28H26AsN4O. The SMILES string of the molecule is CNC(=O)c1nc(-c2cccc(C[As]C3CCc4c(-c5ccccc5)cccc43)c2)cnc1N. The van der Waals surface area contributed by atoms with E-state index >= 15 is 0 Å². The van der Waals surface area contributed by atoms with Gasteiger partial charge < -0.3 is 0 Å². The molecule has 1 heterocycles. The molecule has 5 rings (SSSR count). The van der Waals surface area contributed by atoms with Crippen LogP contribution in [0.5, 0.6) is 0 Å². The molecule has 0 fully saturated rings. The van der Waals surface area contributed by atoms with E-state index in [9.17, 15) is 4.79 Å². The van der Waals surface area contributed by atoms with Crippen LogP contribution in [0, 0.1) is 0 Å². The predicted molar refractivity (Wildman–Crippen MR) is 138 cm³/mol. The van der Waals surface area contributed by atoms with Crippen molar-refractivity contribution in [1.29, 1.82) is 0 Å². The second-order valence-corrected chi connectivity index (χ2v) is 11.1. The van der Waals surface area contributed by atoms with Crippen LogP contribution in [0.1, 0.15) is 38.3 Å². The standard InChI is InChI=1S/C28H26AsN4O/c1-31-28(34)26-27(30)32-17-25(33-26)20-10-5-7-18(15-20)16-29-24-14-13-22-21(11-6-12-23(22)24)19-8-3-2-4-9-19/h2-12,15,17,24H,13-14,16H2,1H3,(H2,30,32)(H,31,34). The summed E-state index contributed by atoms with van der Waals surface area (Å²) >= 11 is 0.114. The Labute approximate surface area is 206 Å². The van der Waals surface area contributed by atoms with Crippen molar-refractivity contribution in [2.75, 3.05) is 12.8 Å². The zero-order valence-corrected chi connectivity index (χ0v) is 20.9. The molecule has 169 valence electrons. The van der Waals surface area contributed by atoms with Crippen LogP contribution in [0.3, 0.4) is 0 Å². The summed E-state index contributed by atoms with van der Waals surface area (Å²) in [7, 11) is 1.56. The van der Waals surface area contributed by atoms with Gasteiger partial charge in [0.25, 0.3) is 0 Å². The summed E-state index contributed by atoms with van der Waals surface area (Å²) in [6, 6.07) is 25.9. The molecule has 34 heavy (non-hydrogen) atoms. The van der Waals surface area contributed by atoms with Gasteiger partial charge >= 0.3 is 207 Å². The van der Waals surface area contributed by atoms with E-state index in [2.05, 4.69) is 82.0 Å². The van der Waals surface area contributed by atoms with Gasteiger partial charge in [-0.25, -0.2) is 0 Å². The van der Waals surface area contributed by atoms with Gasteiger partial charge in [0.15, 0.2) is 0 Å². The van der Waals surface area contributed by atoms with E-state index in [4.69, 9.17) is 5.73 Å². The van der Waals surface area contributed by atoms with Crippen LogP contribution in [-0.4, -0.2) is 38.7 Å². The van der Waals surface area contributed by atoms with Crippen LogP contribution in [0.25, 0.3) is 22.4 Å². The summed E-state index contributed by atoms with van der Waals surface area (Å²) in [4.78, 5) is 20.7. The number of aromatic nitrogens is 2. The molecule has 0 spiro atoms. The molecule has 1 amide bonds. The number of nitrogen functional groups attached to an aromatic ring is 1. The van der Waals surface area contributed by atoms with Crippen LogP contribution >= 0.6 is 0 Å². The number of anilines is 1. The summed E-state index contributed by atoms with van der Waals surface area (Å²) in [5, 5.41) is 3.65. The molecule has 1 aliphatic carbocycles. The van der Waals surface area contributed by atoms with Crippen molar-refractivity contribution in [3.05, 3.63) is 101 Å². The Balaban J connectivity index is 1.34. The first kappa shape index (κ1) is 22.4. The van der Waals surface area contributed by atoms with Crippen molar-refractivity contribution < 1.29 is 4.79 Å². The molecule has 0 saturated heterocycles. The van der Waals surface area contributed by atoms with Crippen molar-refractivity contribution in [3.8, 4) is 22.4 Å². The average Bonchev–Trinajstić information content (AvgIpc) is 3.31. The first-order chi connectivity index (χ1) is 16.6. The molecule has 0 saturated carbocycles. The Hall–Kier alpha value is -3.43. The normalized spacial score (nSPS) is 14.9. The van der Waals surface area contributed by atoms with Crippen LogP contribution in [0.15, 0.2) is 79.0 Å². The number of nitrogens with one attached hydrogen (secondary N) is 1. The van der Waals surface area contributed by atoms with Gasteiger partial charge in [-0.15, -0.1) is 0 Å². The van der Waals surface area contributed by atoms with Gasteiger partial charge in [-0.3, -0.25) is 0 Å². The fourth-order valence-electron chi connectivity index (χ4n) is 4.58. The second-order valence-electron chi connectivity index (χ2n) is 8.40. The van der Waals surface area contributed by atoms with Crippen LogP contribution in [0.4, 0.5) is 5.82 Å². The van der Waals surface area contributed by atoms with Gasteiger partial charge in [0, 0.05) is 0 Å². The minimum absolute atomic E-state index is 0.114. The average molecular weight is 509 g/mol. The Bertz CT molecular complexity index is 1340. The predicted octanol–water partition coefficient (Wildman–Crippen LogP) is 4.64. The Morgan fingerprint density at radius 3 is 2.68 bits per heavy atom. The Morgan fingerprint density at radius 2 is 1.85 bits per heavy atom. The summed E-state index contributed by atoms with van der Waals surface area (Å²) in [5.41, 5.74) is 14.7. The summed E-state index contributed by atoms with van der Waals surface area (Å²) in [5.74, 6) is -0.193. The zero-order valence-electron chi connectivity index (χ0n) is 19.0. The molecule has 1 aromatic heterocycles. The van der Waals surface area contributed by atoms with Crippen LogP contribution < -0.4 is 11.1 Å². The Morgan fingerprint density at radius 1 is 1.06 bits per heavy atom. The molecular weight excluding hydrogens is 483 g/mol. The van der Waals surface area contributed by atoms with Crippen molar-refractivity contribution in [2.45, 2.75) is 22.8 Å². The maximum atomic E-state index is 12.1. The first-order valence-corrected chi connectivity index (χ1v) is 13.8. The summed E-state index contributed by atoms with van der Waals surface area (Å²) in [6.07, 6.45) is 4.02. The van der Waals surface area contributed by atoms with Crippen molar-refractivity contribution in [3.63, 3.8) is 0 Å². The second kappa shape index (κ2) is 9.82. The van der Waals surface area contributed by atoms with Gasteiger partial charge in [-0.2, -0.15) is 0 Å². The molecule has 6 heteroatoms. The van der Waals surface area contributed by atoms with E-state index in [-0.39, 0.29) is 33.2 Å². The number of benzene rings is 3. The number of amides is 1. The maximum absolute atomic E-state index is 12.1.